The van der Waals surface area contributed by atoms with Crippen LogP contribution in [0.15, 0.2) is 179 Å². The molecule has 0 saturated heterocycles. The van der Waals surface area contributed by atoms with E-state index in [9.17, 15) is 0 Å². The van der Waals surface area contributed by atoms with E-state index < -0.39 is 0 Å². The summed E-state index contributed by atoms with van der Waals surface area (Å²) in [5.41, 5.74) is 13.0. The van der Waals surface area contributed by atoms with Gasteiger partial charge in [-0.3, -0.25) is 0 Å². The molecule has 11 rings (SSSR count). The van der Waals surface area contributed by atoms with Gasteiger partial charge in [0.05, 0.1) is 27.8 Å². The second-order valence-corrected chi connectivity index (χ2v) is 13.1. The molecule has 11 aromatic rings. The van der Waals surface area contributed by atoms with Crippen molar-refractivity contribution in [2.75, 3.05) is 0 Å². The second-order valence-electron chi connectivity index (χ2n) is 13.1. The van der Waals surface area contributed by atoms with E-state index in [0.717, 1.165) is 99.6 Å². The van der Waals surface area contributed by atoms with Gasteiger partial charge in [-0.05, 0) is 60.2 Å². The first-order chi connectivity index (χ1) is 25.3. The van der Waals surface area contributed by atoms with Gasteiger partial charge in [-0.2, -0.15) is 0 Å². The fraction of sp³-hybridized carbons (Fsp3) is 0. The first-order valence-corrected chi connectivity index (χ1v) is 17.2. The van der Waals surface area contributed by atoms with Crippen LogP contribution in [0.25, 0.3) is 105 Å². The van der Waals surface area contributed by atoms with Crippen LogP contribution in [-0.2, 0) is 0 Å². The number of hydrogen-bond acceptors (Lipinski definition) is 3. The standard InChI is InChI=1S/C47H28N2O2/c1-2-11-29(12-3-1)39-27-31(33-16-10-17-36-34-13-5-8-19-43(34)50-46(33)36)28-40(48-39)30-21-23-32(24-22-30)49-41-18-7-4-15-38(41)45-42(49)26-25-37-35-14-6-9-20-44(35)51-47(37)45/h1-28H. The summed E-state index contributed by atoms with van der Waals surface area (Å²) in [6, 6.07) is 59.4. The summed E-state index contributed by atoms with van der Waals surface area (Å²) in [5.74, 6) is 0. The maximum Gasteiger partial charge on any atom is 0.145 e. The topological polar surface area (TPSA) is 44.1 Å². The Balaban J connectivity index is 1.08. The molecule has 0 fully saturated rings. The summed E-state index contributed by atoms with van der Waals surface area (Å²) in [6.07, 6.45) is 0. The second kappa shape index (κ2) is 10.8. The van der Waals surface area contributed by atoms with Gasteiger partial charge in [-0.15, -0.1) is 0 Å². The summed E-state index contributed by atoms with van der Waals surface area (Å²) < 4.78 is 15.3. The van der Waals surface area contributed by atoms with Crippen LogP contribution in [-0.4, -0.2) is 9.55 Å². The predicted molar refractivity (Wildman–Crippen MR) is 209 cm³/mol. The molecule has 0 amide bonds. The summed E-state index contributed by atoms with van der Waals surface area (Å²) in [5, 5.41) is 6.80. The van der Waals surface area contributed by atoms with Crippen LogP contribution in [0.3, 0.4) is 0 Å². The van der Waals surface area contributed by atoms with Gasteiger partial charge in [0.1, 0.15) is 22.3 Å². The van der Waals surface area contributed by atoms with Gasteiger partial charge in [-0.25, -0.2) is 4.98 Å². The lowest BCUT2D eigenvalue weighted by Gasteiger charge is -2.12. The van der Waals surface area contributed by atoms with E-state index >= 15 is 0 Å². The number of pyridine rings is 1. The number of fused-ring (bicyclic) bond motifs is 10. The smallest absolute Gasteiger partial charge is 0.145 e. The van der Waals surface area contributed by atoms with Gasteiger partial charge in [0.2, 0.25) is 0 Å². The first-order valence-electron chi connectivity index (χ1n) is 17.2. The minimum atomic E-state index is 0.884. The van der Waals surface area contributed by atoms with Crippen molar-refractivity contribution >= 4 is 65.7 Å². The Morgan fingerprint density at radius 3 is 1.73 bits per heavy atom. The third-order valence-corrected chi connectivity index (χ3v) is 10.2. The largest absolute Gasteiger partial charge is 0.455 e. The molecule has 0 aliphatic carbocycles. The lowest BCUT2D eigenvalue weighted by Crippen LogP contribution is -1.95. The minimum Gasteiger partial charge on any atom is -0.455 e. The Morgan fingerprint density at radius 1 is 0.392 bits per heavy atom. The zero-order chi connectivity index (χ0) is 33.5. The lowest BCUT2D eigenvalue weighted by atomic mass is 9.98. The quantitative estimate of drug-likeness (QED) is 0.190. The van der Waals surface area contributed by atoms with E-state index in [1.807, 2.05) is 30.3 Å². The number of aromatic nitrogens is 2. The van der Waals surface area contributed by atoms with Crippen LogP contribution in [0.2, 0.25) is 0 Å². The van der Waals surface area contributed by atoms with Crippen molar-refractivity contribution in [3.63, 3.8) is 0 Å². The SMILES string of the molecule is c1ccc(-c2cc(-c3cccc4c3oc3ccccc34)cc(-c3ccc(-n4c5ccccc5c5c6oc7ccccc7c6ccc54)cc3)n2)cc1. The molecule has 0 unspecified atom stereocenters. The van der Waals surface area contributed by atoms with Crippen molar-refractivity contribution in [3.8, 4) is 39.3 Å². The first kappa shape index (κ1) is 28.0. The Labute approximate surface area is 292 Å². The van der Waals surface area contributed by atoms with Crippen molar-refractivity contribution in [1.82, 2.24) is 9.55 Å². The van der Waals surface area contributed by atoms with Crippen LogP contribution in [0.1, 0.15) is 0 Å². The zero-order valence-corrected chi connectivity index (χ0v) is 27.4. The third kappa shape index (κ3) is 4.23. The summed E-state index contributed by atoms with van der Waals surface area (Å²) in [6.45, 7) is 0. The summed E-state index contributed by atoms with van der Waals surface area (Å²) in [4.78, 5) is 5.22. The lowest BCUT2D eigenvalue weighted by molar-refractivity contribution is 0.670. The molecule has 0 spiro atoms. The molecule has 0 aliphatic heterocycles. The van der Waals surface area contributed by atoms with Gasteiger partial charge in [0, 0.05) is 49.3 Å². The average molecular weight is 653 g/mol. The zero-order valence-electron chi connectivity index (χ0n) is 27.4. The van der Waals surface area contributed by atoms with E-state index in [1.54, 1.807) is 0 Å². The highest BCUT2D eigenvalue weighted by atomic mass is 16.3. The van der Waals surface area contributed by atoms with Crippen molar-refractivity contribution in [1.29, 1.82) is 0 Å². The Hall–Kier alpha value is -6.91. The molecule has 0 radical (unpaired) electrons. The Kier molecular flexibility index (Phi) is 5.92. The molecular weight excluding hydrogens is 625 g/mol. The molecule has 4 aromatic heterocycles. The van der Waals surface area contributed by atoms with Crippen molar-refractivity contribution in [2.45, 2.75) is 0 Å². The van der Waals surface area contributed by atoms with Crippen molar-refractivity contribution in [3.05, 3.63) is 170 Å². The highest BCUT2D eigenvalue weighted by Crippen LogP contribution is 2.41. The molecule has 7 aromatic carbocycles. The molecule has 0 N–H and O–H groups in total. The number of para-hydroxylation sites is 4. The normalized spacial score (nSPS) is 11.9. The molecule has 0 atom stereocenters. The monoisotopic (exact) mass is 652 g/mol. The van der Waals surface area contributed by atoms with Crippen LogP contribution >= 0.6 is 0 Å². The molecule has 51 heavy (non-hydrogen) atoms. The van der Waals surface area contributed by atoms with Gasteiger partial charge < -0.3 is 13.4 Å². The molecular formula is C47H28N2O2. The van der Waals surface area contributed by atoms with E-state index in [4.69, 9.17) is 13.8 Å². The average Bonchev–Trinajstić information content (AvgIpc) is 3.88. The maximum atomic E-state index is 6.51. The van der Waals surface area contributed by atoms with Crippen LogP contribution in [0.5, 0.6) is 0 Å². The fourth-order valence-corrected chi connectivity index (χ4v) is 7.86. The Morgan fingerprint density at radius 2 is 0.980 bits per heavy atom. The van der Waals surface area contributed by atoms with Crippen molar-refractivity contribution < 1.29 is 8.83 Å². The number of rotatable bonds is 4. The van der Waals surface area contributed by atoms with E-state index in [1.165, 1.54) is 5.39 Å². The van der Waals surface area contributed by atoms with Gasteiger partial charge in [0.15, 0.2) is 0 Å². The van der Waals surface area contributed by atoms with Gasteiger partial charge in [0.25, 0.3) is 0 Å². The van der Waals surface area contributed by atoms with Crippen LogP contribution in [0, 0.1) is 0 Å². The molecule has 0 saturated carbocycles. The van der Waals surface area contributed by atoms with Gasteiger partial charge >= 0.3 is 0 Å². The van der Waals surface area contributed by atoms with E-state index in [0.29, 0.717) is 0 Å². The summed E-state index contributed by atoms with van der Waals surface area (Å²) >= 11 is 0. The highest BCUT2D eigenvalue weighted by Gasteiger charge is 2.19. The van der Waals surface area contributed by atoms with Crippen LogP contribution < -0.4 is 0 Å². The minimum absolute atomic E-state index is 0.884. The number of nitrogens with zero attached hydrogens (tertiary/aromatic N) is 2. The number of furan rings is 2. The third-order valence-electron chi connectivity index (χ3n) is 10.2. The van der Waals surface area contributed by atoms with Crippen LogP contribution in [0.4, 0.5) is 0 Å². The predicted octanol–water partition coefficient (Wildman–Crippen LogP) is 13.0. The number of benzene rings is 7. The highest BCUT2D eigenvalue weighted by molar-refractivity contribution is 6.23. The maximum absolute atomic E-state index is 6.51. The molecule has 238 valence electrons. The number of hydrogen-bond donors (Lipinski definition) is 0. The van der Waals surface area contributed by atoms with Gasteiger partial charge in [-0.1, -0.05) is 115 Å². The summed E-state index contributed by atoms with van der Waals surface area (Å²) in [7, 11) is 0. The van der Waals surface area contributed by atoms with Crippen molar-refractivity contribution in [2.24, 2.45) is 0 Å². The van der Waals surface area contributed by atoms with E-state index in [-0.39, 0.29) is 0 Å². The molecule has 4 nitrogen and oxygen atoms in total. The molecule has 0 bridgehead atoms. The fourth-order valence-electron chi connectivity index (χ4n) is 7.86. The van der Waals surface area contributed by atoms with E-state index in [2.05, 4.69) is 144 Å². The molecule has 0 aliphatic rings. The molecule has 4 heterocycles. The Bertz CT molecular complexity index is 3130. The molecule has 4 heteroatoms.